The Balaban J connectivity index is 1.24. The van der Waals surface area contributed by atoms with Crippen LogP contribution in [0.25, 0.3) is 10.9 Å². The van der Waals surface area contributed by atoms with Crippen LogP contribution in [0.15, 0.2) is 60.8 Å². The molecule has 0 spiro atoms. The van der Waals surface area contributed by atoms with Crippen LogP contribution in [0.3, 0.4) is 0 Å². The second kappa shape index (κ2) is 9.04. The molecule has 3 unspecified atom stereocenters. The van der Waals surface area contributed by atoms with Crippen LogP contribution >= 0.6 is 23.4 Å². The summed E-state index contributed by atoms with van der Waals surface area (Å²) in [6, 6.07) is 18.4. The van der Waals surface area contributed by atoms with E-state index >= 15 is 0 Å². The second-order valence-corrected chi connectivity index (χ2v) is 12.6. The fourth-order valence-corrected chi connectivity index (χ4v) is 9.19. The lowest BCUT2D eigenvalue weighted by Crippen LogP contribution is -2.46. The van der Waals surface area contributed by atoms with Gasteiger partial charge >= 0.3 is 0 Å². The topological polar surface area (TPSA) is 60.8 Å². The molecule has 3 saturated heterocycles. The molecule has 34 heavy (non-hydrogen) atoms. The van der Waals surface area contributed by atoms with Gasteiger partial charge in [-0.25, -0.2) is 12.4 Å². The molecule has 2 aromatic carbocycles. The van der Waals surface area contributed by atoms with Gasteiger partial charge in [-0.2, -0.15) is 0 Å². The normalized spacial score (nSPS) is 26.4. The first kappa shape index (κ1) is 22.7. The average Bonchev–Trinajstić information content (AvgIpc) is 3.54. The zero-order valence-corrected chi connectivity index (χ0v) is 21.1. The van der Waals surface area contributed by atoms with Crippen LogP contribution in [-0.2, 0) is 16.6 Å². The molecule has 4 heterocycles. The number of alkyl halides is 1. The number of piperazine rings is 1. The molecule has 3 atom stereocenters. The van der Waals surface area contributed by atoms with Crippen LogP contribution in [0, 0.1) is 0 Å². The Labute approximate surface area is 209 Å². The Hall–Kier alpha value is -1.75. The largest absolute Gasteiger partial charge is 0.368 e. The maximum Gasteiger partial charge on any atom is 0.258 e. The highest BCUT2D eigenvalue weighted by Gasteiger charge is 2.50. The zero-order chi connectivity index (χ0) is 23.3. The molecule has 3 aromatic rings. The van der Waals surface area contributed by atoms with E-state index in [1.807, 2.05) is 29.2 Å². The highest BCUT2D eigenvalue weighted by atomic mass is 35.5. The number of anilines is 1. The molecule has 0 amide bonds. The summed E-state index contributed by atoms with van der Waals surface area (Å²) in [6.07, 6.45) is 1.69. The molecule has 0 radical (unpaired) electrons. The van der Waals surface area contributed by atoms with Crippen molar-refractivity contribution in [3.63, 3.8) is 0 Å². The van der Waals surface area contributed by atoms with Gasteiger partial charge in [0.25, 0.3) is 10.0 Å². The molecular formula is C24H28ClN5O2S2. The first-order valence-corrected chi connectivity index (χ1v) is 14.6. The van der Waals surface area contributed by atoms with Gasteiger partial charge in [-0.1, -0.05) is 36.4 Å². The Morgan fingerprint density at radius 1 is 0.971 bits per heavy atom. The van der Waals surface area contributed by atoms with E-state index in [9.17, 15) is 8.42 Å². The van der Waals surface area contributed by atoms with Gasteiger partial charge in [-0.05, 0) is 23.8 Å². The van der Waals surface area contributed by atoms with Crippen LogP contribution < -0.4 is 10.2 Å². The number of halogens is 1. The molecule has 1 N–H and O–H groups in total. The smallest absolute Gasteiger partial charge is 0.258 e. The molecule has 3 aliphatic rings. The summed E-state index contributed by atoms with van der Waals surface area (Å²) in [7, 11) is -3.71. The summed E-state index contributed by atoms with van der Waals surface area (Å²) in [5, 5.41) is 3.40. The number of thioether (sulfide) groups is 1. The number of hydrogen-bond acceptors (Lipinski definition) is 7. The van der Waals surface area contributed by atoms with E-state index in [2.05, 4.69) is 45.4 Å². The standard InChI is InChI=1S/C24H28ClN5O2S2/c25-22-23(29-15-16-33-24(29)26-22)34(31,32)30-10-9-19-20(7-4-8-21(19)30)28-13-11-27(12-14-28)17-18-5-2-1-3-6-18/h1-10,22-24,26H,11-17H2. The molecule has 10 heteroatoms. The minimum atomic E-state index is -3.71. The van der Waals surface area contributed by atoms with Gasteiger partial charge in [0, 0.05) is 62.3 Å². The number of aromatic nitrogens is 1. The lowest BCUT2D eigenvalue weighted by Gasteiger charge is -2.36. The number of hydrogen-bond donors (Lipinski definition) is 1. The molecule has 6 rings (SSSR count). The second-order valence-electron chi connectivity index (χ2n) is 9.04. The molecule has 0 bridgehead atoms. The third kappa shape index (κ3) is 3.92. The van der Waals surface area contributed by atoms with Gasteiger partial charge in [-0.15, -0.1) is 23.4 Å². The van der Waals surface area contributed by atoms with Gasteiger partial charge in [0.2, 0.25) is 0 Å². The zero-order valence-electron chi connectivity index (χ0n) is 18.8. The average molecular weight is 518 g/mol. The van der Waals surface area contributed by atoms with E-state index in [0.29, 0.717) is 12.1 Å². The van der Waals surface area contributed by atoms with Crippen molar-refractivity contribution in [1.82, 2.24) is 19.1 Å². The molecule has 0 aliphatic carbocycles. The Bertz CT molecular complexity index is 1280. The van der Waals surface area contributed by atoms with Crippen molar-refractivity contribution in [2.24, 2.45) is 0 Å². The summed E-state index contributed by atoms with van der Waals surface area (Å²) >= 11 is 8.19. The van der Waals surface area contributed by atoms with E-state index in [0.717, 1.165) is 49.6 Å². The van der Waals surface area contributed by atoms with E-state index in [1.54, 1.807) is 18.0 Å². The fraction of sp³-hybridized carbons (Fsp3) is 0.417. The summed E-state index contributed by atoms with van der Waals surface area (Å²) in [5.41, 5.74) is 2.46. The van der Waals surface area contributed by atoms with Gasteiger partial charge in [-0.3, -0.25) is 15.1 Å². The van der Waals surface area contributed by atoms with Crippen molar-refractivity contribution in [3.8, 4) is 0 Å². The van der Waals surface area contributed by atoms with E-state index in [4.69, 9.17) is 11.6 Å². The van der Waals surface area contributed by atoms with Crippen LogP contribution in [0.5, 0.6) is 0 Å². The lowest BCUT2D eigenvalue weighted by atomic mass is 10.1. The minimum absolute atomic E-state index is 0.0353. The summed E-state index contributed by atoms with van der Waals surface area (Å²) < 4.78 is 28.9. The van der Waals surface area contributed by atoms with Crippen molar-refractivity contribution in [2.75, 3.05) is 43.4 Å². The Morgan fingerprint density at radius 2 is 1.76 bits per heavy atom. The number of fused-ring (bicyclic) bond motifs is 2. The molecule has 180 valence electrons. The van der Waals surface area contributed by atoms with Crippen molar-refractivity contribution in [3.05, 3.63) is 66.4 Å². The maximum atomic E-state index is 13.7. The third-order valence-corrected chi connectivity index (χ3v) is 10.7. The quantitative estimate of drug-likeness (QED) is 0.412. The van der Waals surface area contributed by atoms with Crippen LogP contribution in [-0.4, -0.2) is 77.0 Å². The van der Waals surface area contributed by atoms with E-state index in [1.165, 1.54) is 9.54 Å². The predicted molar refractivity (Wildman–Crippen MR) is 140 cm³/mol. The molecular weight excluding hydrogens is 490 g/mol. The highest BCUT2D eigenvalue weighted by molar-refractivity contribution is 8.00. The van der Waals surface area contributed by atoms with Crippen molar-refractivity contribution < 1.29 is 8.42 Å². The van der Waals surface area contributed by atoms with E-state index in [-0.39, 0.29) is 5.50 Å². The SMILES string of the molecule is O=S(=O)(C1C(Cl)NC2SCCN21)n1ccc2c(N3CCN(Cc4ccccc4)CC3)cccc21. The first-order chi connectivity index (χ1) is 16.5. The number of benzene rings is 2. The predicted octanol–water partition coefficient (Wildman–Crippen LogP) is 2.97. The summed E-state index contributed by atoms with van der Waals surface area (Å²) in [6.45, 7) is 5.44. The Morgan fingerprint density at radius 3 is 2.56 bits per heavy atom. The number of rotatable bonds is 5. The minimum Gasteiger partial charge on any atom is -0.368 e. The maximum absolute atomic E-state index is 13.7. The first-order valence-electron chi connectivity index (χ1n) is 11.7. The highest BCUT2D eigenvalue weighted by Crippen LogP contribution is 2.37. The molecule has 1 aromatic heterocycles. The molecule has 3 fully saturated rings. The van der Waals surface area contributed by atoms with Crippen molar-refractivity contribution >= 4 is 50.0 Å². The molecule has 3 aliphatic heterocycles. The van der Waals surface area contributed by atoms with Gasteiger partial charge in [0.1, 0.15) is 11.0 Å². The number of nitrogens with zero attached hydrogens (tertiary/aromatic N) is 4. The third-order valence-electron chi connectivity index (χ3n) is 7.02. The monoisotopic (exact) mass is 517 g/mol. The van der Waals surface area contributed by atoms with Crippen molar-refractivity contribution in [2.45, 2.75) is 22.9 Å². The molecule has 7 nitrogen and oxygen atoms in total. The van der Waals surface area contributed by atoms with Gasteiger partial charge in [0.05, 0.1) is 5.52 Å². The van der Waals surface area contributed by atoms with Crippen LogP contribution in [0.2, 0.25) is 0 Å². The summed E-state index contributed by atoms with van der Waals surface area (Å²) in [4.78, 5) is 6.81. The summed E-state index contributed by atoms with van der Waals surface area (Å²) in [5.74, 6) is 0.903. The molecule has 0 saturated carbocycles. The van der Waals surface area contributed by atoms with Crippen molar-refractivity contribution in [1.29, 1.82) is 0 Å². The number of nitrogens with one attached hydrogen (secondary N) is 1. The van der Waals surface area contributed by atoms with Gasteiger partial charge < -0.3 is 4.90 Å². The van der Waals surface area contributed by atoms with Crippen LogP contribution in [0.1, 0.15) is 5.56 Å². The lowest BCUT2D eigenvalue weighted by molar-refractivity contribution is 0.250. The van der Waals surface area contributed by atoms with Gasteiger partial charge in [0.15, 0.2) is 5.37 Å². The van der Waals surface area contributed by atoms with Crippen LogP contribution in [0.4, 0.5) is 5.69 Å². The fourth-order valence-electron chi connectivity index (χ4n) is 5.33. The van der Waals surface area contributed by atoms with E-state index < -0.39 is 20.9 Å². The Kier molecular flexibility index (Phi) is 6.03.